The Kier molecular flexibility index (Phi) is 5.39. The number of piperazine rings is 1. The maximum Gasteiger partial charge on any atom is 0.244 e. The molecule has 0 saturated carbocycles. The molecule has 0 N–H and O–H groups in total. The van der Waals surface area contributed by atoms with Gasteiger partial charge in [0.05, 0.1) is 12.6 Å². The van der Waals surface area contributed by atoms with Gasteiger partial charge in [0.25, 0.3) is 0 Å². The summed E-state index contributed by atoms with van der Waals surface area (Å²) in [6, 6.07) is 16.0. The minimum Gasteiger partial charge on any atom is -0.494 e. The third-order valence-corrected chi connectivity index (χ3v) is 4.86. The first-order chi connectivity index (χ1) is 12.1. The van der Waals surface area contributed by atoms with Gasteiger partial charge in [0.15, 0.2) is 0 Å². The molecular formula is C21H26N2O2. The molecule has 1 amide bonds. The zero-order valence-corrected chi connectivity index (χ0v) is 15.2. The van der Waals surface area contributed by atoms with Crippen molar-refractivity contribution in [3.05, 3.63) is 59.7 Å². The molecule has 0 aliphatic carbocycles. The van der Waals surface area contributed by atoms with Gasteiger partial charge in [-0.15, -0.1) is 0 Å². The van der Waals surface area contributed by atoms with Crippen molar-refractivity contribution in [2.75, 3.05) is 24.6 Å². The predicted molar refractivity (Wildman–Crippen MR) is 101 cm³/mol. The summed E-state index contributed by atoms with van der Waals surface area (Å²) >= 11 is 0. The van der Waals surface area contributed by atoms with E-state index in [1.165, 1.54) is 11.1 Å². The van der Waals surface area contributed by atoms with Crippen LogP contribution in [-0.2, 0) is 11.3 Å². The highest BCUT2D eigenvalue weighted by Gasteiger charge is 2.32. The van der Waals surface area contributed by atoms with Crippen molar-refractivity contribution >= 4 is 11.6 Å². The first-order valence-corrected chi connectivity index (χ1v) is 8.93. The van der Waals surface area contributed by atoms with E-state index in [4.69, 9.17) is 4.74 Å². The monoisotopic (exact) mass is 338 g/mol. The summed E-state index contributed by atoms with van der Waals surface area (Å²) < 4.78 is 5.56. The molecular weight excluding hydrogens is 312 g/mol. The molecule has 2 aromatic carbocycles. The second-order valence-electron chi connectivity index (χ2n) is 6.49. The van der Waals surface area contributed by atoms with Crippen molar-refractivity contribution in [1.29, 1.82) is 0 Å². The molecule has 0 aromatic heterocycles. The highest BCUT2D eigenvalue weighted by molar-refractivity contribution is 5.97. The van der Waals surface area contributed by atoms with Crippen LogP contribution in [0.4, 0.5) is 5.69 Å². The summed E-state index contributed by atoms with van der Waals surface area (Å²) in [6.45, 7) is 9.08. The fourth-order valence-corrected chi connectivity index (χ4v) is 3.30. The number of rotatable bonds is 5. The van der Waals surface area contributed by atoms with E-state index in [1.54, 1.807) is 0 Å². The van der Waals surface area contributed by atoms with Crippen LogP contribution in [0, 0.1) is 6.92 Å². The third kappa shape index (κ3) is 3.85. The lowest BCUT2D eigenvalue weighted by molar-refractivity contribution is -0.125. The Morgan fingerprint density at radius 2 is 1.92 bits per heavy atom. The average Bonchev–Trinajstić information content (AvgIpc) is 2.61. The van der Waals surface area contributed by atoms with E-state index in [2.05, 4.69) is 36.1 Å². The largest absolute Gasteiger partial charge is 0.494 e. The summed E-state index contributed by atoms with van der Waals surface area (Å²) in [7, 11) is 0. The van der Waals surface area contributed by atoms with Crippen molar-refractivity contribution in [3.8, 4) is 5.75 Å². The number of nitrogens with zero attached hydrogens (tertiary/aromatic N) is 2. The standard InChI is InChI=1S/C21H26N2O2/c1-4-25-20-11-7-10-19(14-20)23-13-12-22(17(3)21(23)24)15-18-9-6-5-8-16(18)2/h5-11,14,17H,4,12-13,15H2,1-3H3. The van der Waals surface area contributed by atoms with Crippen LogP contribution in [0.5, 0.6) is 5.75 Å². The van der Waals surface area contributed by atoms with Gasteiger partial charge in [-0.3, -0.25) is 9.69 Å². The number of hydrogen-bond acceptors (Lipinski definition) is 3. The van der Waals surface area contributed by atoms with Crippen LogP contribution >= 0.6 is 0 Å². The van der Waals surface area contributed by atoms with Crippen molar-refractivity contribution in [2.24, 2.45) is 0 Å². The Hall–Kier alpha value is -2.33. The van der Waals surface area contributed by atoms with Gasteiger partial charge < -0.3 is 9.64 Å². The first-order valence-electron chi connectivity index (χ1n) is 8.93. The van der Waals surface area contributed by atoms with Crippen molar-refractivity contribution in [3.63, 3.8) is 0 Å². The van der Waals surface area contributed by atoms with Crippen LogP contribution in [0.3, 0.4) is 0 Å². The molecule has 1 aliphatic rings. The van der Waals surface area contributed by atoms with Gasteiger partial charge in [-0.05, 0) is 44.0 Å². The lowest BCUT2D eigenvalue weighted by Gasteiger charge is -2.39. The predicted octanol–water partition coefficient (Wildman–Crippen LogP) is 3.63. The highest BCUT2D eigenvalue weighted by Crippen LogP contribution is 2.25. The number of amides is 1. The molecule has 3 rings (SSSR count). The Balaban J connectivity index is 1.73. The van der Waals surface area contributed by atoms with E-state index in [0.717, 1.165) is 24.5 Å². The number of anilines is 1. The zero-order valence-electron chi connectivity index (χ0n) is 15.2. The van der Waals surface area contributed by atoms with Gasteiger partial charge in [0, 0.05) is 31.4 Å². The number of aryl methyl sites for hydroxylation is 1. The summed E-state index contributed by atoms with van der Waals surface area (Å²) in [4.78, 5) is 17.1. The maximum atomic E-state index is 12.9. The molecule has 0 radical (unpaired) electrons. The number of hydrogen-bond donors (Lipinski definition) is 0. The van der Waals surface area contributed by atoms with Gasteiger partial charge in [-0.25, -0.2) is 0 Å². The molecule has 4 heteroatoms. The van der Waals surface area contributed by atoms with Gasteiger partial charge in [-0.2, -0.15) is 0 Å². The summed E-state index contributed by atoms with van der Waals surface area (Å²) in [5.41, 5.74) is 3.47. The Morgan fingerprint density at radius 1 is 1.12 bits per heavy atom. The second-order valence-corrected chi connectivity index (χ2v) is 6.49. The zero-order chi connectivity index (χ0) is 17.8. The molecule has 1 aliphatic heterocycles. The van der Waals surface area contributed by atoms with E-state index in [1.807, 2.05) is 43.0 Å². The summed E-state index contributed by atoms with van der Waals surface area (Å²) in [5.74, 6) is 0.955. The van der Waals surface area contributed by atoms with Crippen LogP contribution in [0.15, 0.2) is 48.5 Å². The molecule has 1 heterocycles. The minimum absolute atomic E-state index is 0.135. The average molecular weight is 338 g/mol. The molecule has 4 nitrogen and oxygen atoms in total. The van der Waals surface area contributed by atoms with Gasteiger partial charge in [0.2, 0.25) is 5.91 Å². The summed E-state index contributed by atoms with van der Waals surface area (Å²) in [6.07, 6.45) is 0. The van der Waals surface area contributed by atoms with Gasteiger partial charge in [0.1, 0.15) is 5.75 Å². The smallest absolute Gasteiger partial charge is 0.244 e. The Bertz CT molecular complexity index is 744. The quantitative estimate of drug-likeness (QED) is 0.834. The molecule has 1 atom stereocenters. The topological polar surface area (TPSA) is 32.8 Å². The van der Waals surface area contributed by atoms with Gasteiger partial charge in [-0.1, -0.05) is 30.3 Å². The maximum absolute atomic E-state index is 12.9. The number of benzene rings is 2. The van der Waals surface area contributed by atoms with E-state index in [-0.39, 0.29) is 11.9 Å². The fourth-order valence-electron chi connectivity index (χ4n) is 3.30. The lowest BCUT2D eigenvalue weighted by atomic mass is 10.1. The second kappa shape index (κ2) is 7.70. The molecule has 1 fully saturated rings. The highest BCUT2D eigenvalue weighted by atomic mass is 16.5. The molecule has 0 bridgehead atoms. The van der Waals surface area contributed by atoms with E-state index in [0.29, 0.717) is 13.2 Å². The molecule has 1 unspecified atom stereocenters. The van der Waals surface area contributed by atoms with E-state index in [9.17, 15) is 4.79 Å². The van der Waals surface area contributed by atoms with Crippen LogP contribution < -0.4 is 9.64 Å². The molecule has 132 valence electrons. The van der Waals surface area contributed by atoms with Crippen LogP contribution in [-0.4, -0.2) is 36.5 Å². The molecule has 25 heavy (non-hydrogen) atoms. The number of carbonyl (C=O) groups excluding carboxylic acids is 1. The molecule has 1 saturated heterocycles. The first kappa shape index (κ1) is 17.5. The van der Waals surface area contributed by atoms with Crippen LogP contribution in [0.25, 0.3) is 0 Å². The van der Waals surface area contributed by atoms with Crippen molar-refractivity contribution < 1.29 is 9.53 Å². The third-order valence-electron chi connectivity index (χ3n) is 4.86. The molecule has 2 aromatic rings. The van der Waals surface area contributed by atoms with E-state index < -0.39 is 0 Å². The Morgan fingerprint density at radius 3 is 2.68 bits per heavy atom. The van der Waals surface area contributed by atoms with E-state index >= 15 is 0 Å². The Labute approximate surface area is 150 Å². The SMILES string of the molecule is CCOc1cccc(N2CCN(Cc3ccccc3C)C(C)C2=O)c1. The van der Waals surface area contributed by atoms with Gasteiger partial charge >= 0.3 is 0 Å². The fraction of sp³-hybridized carbons (Fsp3) is 0.381. The van der Waals surface area contributed by atoms with Crippen molar-refractivity contribution in [1.82, 2.24) is 4.90 Å². The normalized spacial score (nSPS) is 18.4. The minimum atomic E-state index is -0.135. The van der Waals surface area contributed by atoms with Crippen LogP contribution in [0.1, 0.15) is 25.0 Å². The summed E-state index contributed by atoms with van der Waals surface area (Å²) in [5, 5.41) is 0. The number of ether oxygens (including phenoxy) is 1. The lowest BCUT2D eigenvalue weighted by Crippen LogP contribution is -2.55. The molecule has 0 spiro atoms. The van der Waals surface area contributed by atoms with Crippen LogP contribution in [0.2, 0.25) is 0 Å². The number of carbonyl (C=O) groups is 1. The van der Waals surface area contributed by atoms with Crippen molar-refractivity contribution in [2.45, 2.75) is 33.4 Å².